The molecule has 2 aromatic carbocycles. The molecule has 0 saturated heterocycles. The molecule has 2 aromatic heterocycles. The quantitative estimate of drug-likeness (QED) is 0.383. The van der Waals surface area contributed by atoms with E-state index in [2.05, 4.69) is 9.97 Å². The number of nitrogens with zero attached hydrogens (tertiary/aromatic N) is 3. The van der Waals surface area contributed by atoms with E-state index in [1.165, 1.54) is 9.47 Å². The lowest BCUT2D eigenvalue weighted by Crippen LogP contribution is -2.41. The van der Waals surface area contributed by atoms with Crippen LogP contribution in [-0.4, -0.2) is 27.0 Å². The molecule has 0 fully saturated rings. The molecule has 2 heterocycles. The highest BCUT2D eigenvalue weighted by Gasteiger charge is 2.25. The Kier molecular flexibility index (Phi) is 7.52. The predicted molar refractivity (Wildman–Crippen MR) is 143 cm³/mol. The van der Waals surface area contributed by atoms with Crippen molar-refractivity contribution < 1.29 is 9.53 Å². The molecular formula is C28H29N5O4. The highest BCUT2D eigenvalue weighted by molar-refractivity contribution is 6.07. The maximum absolute atomic E-state index is 13.6. The molecule has 4 aromatic rings. The van der Waals surface area contributed by atoms with Gasteiger partial charge in [0, 0.05) is 30.1 Å². The standard InChI is InChI=1S/C28H29N5O4/c1-4-32(23-25(29)33(28(36)31-26(23)34)16-20-9-6-5-7-10-20)27(35)22-13-18(2)24(19(3)14-22)37-17-21-11-8-12-30-15-21/h5-15H,4,16-17,29H2,1-3H3,(H,31,34,36). The average molecular weight is 500 g/mol. The van der Waals surface area contributed by atoms with Crippen LogP contribution < -0.4 is 26.6 Å². The molecule has 0 unspecified atom stereocenters. The SMILES string of the molecule is CCN(C(=O)c1cc(C)c(OCc2cccnc2)c(C)c1)c1c(N)n(Cc2ccccc2)c(=O)[nH]c1=O. The summed E-state index contributed by atoms with van der Waals surface area (Å²) in [6.45, 7) is 6.14. The summed E-state index contributed by atoms with van der Waals surface area (Å²) >= 11 is 0. The zero-order valence-corrected chi connectivity index (χ0v) is 21.0. The van der Waals surface area contributed by atoms with Gasteiger partial charge in [-0.2, -0.15) is 0 Å². The summed E-state index contributed by atoms with van der Waals surface area (Å²) in [5, 5.41) is 0. The largest absolute Gasteiger partial charge is 0.488 e. The van der Waals surface area contributed by atoms with Gasteiger partial charge in [0.2, 0.25) is 0 Å². The van der Waals surface area contributed by atoms with E-state index in [9.17, 15) is 14.4 Å². The minimum atomic E-state index is -0.716. The molecule has 0 saturated carbocycles. The van der Waals surface area contributed by atoms with Crippen molar-refractivity contribution in [2.45, 2.75) is 33.9 Å². The lowest BCUT2D eigenvalue weighted by atomic mass is 10.0. The van der Waals surface area contributed by atoms with Gasteiger partial charge < -0.3 is 15.4 Å². The molecule has 190 valence electrons. The van der Waals surface area contributed by atoms with E-state index in [0.29, 0.717) is 17.9 Å². The number of pyridine rings is 1. The molecule has 1 amide bonds. The van der Waals surface area contributed by atoms with Crippen LogP contribution in [0.15, 0.2) is 76.6 Å². The van der Waals surface area contributed by atoms with Crippen molar-refractivity contribution in [2.24, 2.45) is 0 Å². The van der Waals surface area contributed by atoms with Gasteiger partial charge >= 0.3 is 5.69 Å². The summed E-state index contributed by atoms with van der Waals surface area (Å²) < 4.78 is 7.26. The highest BCUT2D eigenvalue weighted by Crippen LogP contribution is 2.28. The molecule has 0 atom stereocenters. The molecule has 9 heteroatoms. The topological polar surface area (TPSA) is 123 Å². The van der Waals surface area contributed by atoms with Crippen LogP contribution in [-0.2, 0) is 13.2 Å². The molecular weight excluding hydrogens is 470 g/mol. The van der Waals surface area contributed by atoms with Crippen LogP contribution in [0.3, 0.4) is 0 Å². The Hall–Kier alpha value is -4.66. The number of anilines is 2. The first-order valence-corrected chi connectivity index (χ1v) is 11.9. The zero-order valence-electron chi connectivity index (χ0n) is 21.0. The van der Waals surface area contributed by atoms with Crippen molar-refractivity contribution >= 4 is 17.4 Å². The summed E-state index contributed by atoms with van der Waals surface area (Å²) in [6, 6.07) is 16.5. The predicted octanol–water partition coefficient (Wildman–Crippen LogP) is 3.42. The number of aromatic nitrogens is 3. The van der Waals surface area contributed by atoms with Gasteiger partial charge in [0.05, 0.1) is 6.54 Å². The number of carbonyl (C=O) groups excluding carboxylic acids is 1. The Morgan fingerprint density at radius 2 is 1.73 bits per heavy atom. The molecule has 3 N–H and O–H groups in total. The average Bonchev–Trinajstić information content (AvgIpc) is 2.89. The number of hydrogen-bond donors (Lipinski definition) is 2. The number of amides is 1. The first kappa shape index (κ1) is 25.4. The summed E-state index contributed by atoms with van der Waals surface area (Å²) in [5.41, 5.74) is 8.61. The van der Waals surface area contributed by atoms with Crippen molar-refractivity contribution in [2.75, 3.05) is 17.2 Å². The zero-order chi connectivity index (χ0) is 26.5. The van der Waals surface area contributed by atoms with E-state index in [1.54, 1.807) is 31.5 Å². The number of H-pyrrole nitrogens is 1. The van der Waals surface area contributed by atoms with Gasteiger partial charge in [0.25, 0.3) is 11.5 Å². The van der Waals surface area contributed by atoms with E-state index >= 15 is 0 Å². The van der Waals surface area contributed by atoms with Crippen molar-refractivity contribution in [3.8, 4) is 5.75 Å². The Labute approximate surface area is 214 Å². The summed E-state index contributed by atoms with van der Waals surface area (Å²) in [5.74, 6) is 0.199. The van der Waals surface area contributed by atoms with Crippen LogP contribution in [0.4, 0.5) is 11.5 Å². The van der Waals surface area contributed by atoms with Gasteiger partial charge in [-0.3, -0.25) is 24.1 Å². The third-order valence-electron chi connectivity index (χ3n) is 6.04. The first-order chi connectivity index (χ1) is 17.8. The van der Waals surface area contributed by atoms with E-state index in [1.807, 2.05) is 56.3 Å². The fourth-order valence-electron chi connectivity index (χ4n) is 4.26. The van der Waals surface area contributed by atoms with Gasteiger partial charge in [0.15, 0.2) is 5.69 Å². The number of rotatable bonds is 8. The molecule has 0 spiro atoms. The monoisotopic (exact) mass is 499 g/mol. The van der Waals surface area contributed by atoms with Crippen LogP contribution in [0.2, 0.25) is 0 Å². The third kappa shape index (κ3) is 5.45. The Morgan fingerprint density at radius 1 is 1.05 bits per heavy atom. The first-order valence-electron chi connectivity index (χ1n) is 11.9. The Morgan fingerprint density at radius 3 is 2.35 bits per heavy atom. The fourth-order valence-corrected chi connectivity index (χ4v) is 4.26. The van der Waals surface area contributed by atoms with Gasteiger partial charge in [-0.1, -0.05) is 36.4 Å². The molecule has 0 bridgehead atoms. The molecule has 0 aliphatic carbocycles. The van der Waals surface area contributed by atoms with Crippen molar-refractivity contribution in [1.82, 2.24) is 14.5 Å². The second kappa shape index (κ2) is 10.9. The summed E-state index contributed by atoms with van der Waals surface area (Å²) in [4.78, 5) is 46.7. The second-order valence-electron chi connectivity index (χ2n) is 8.70. The number of aromatic amines is 1. The van der Waals surface area contributed by atoms with Crippen LogP contribution in [0.1, 0.15) is 39.5 Å². The van der Waals surface area contributed by atoms with Crippen LogP contribution in [0.5, 0.6) is 5.75 Å². The molecule has 0 radical (unpaired) electrons. The van der Waals surface area contributed by atoms with E-state index in [0.717, 1.165) is 22.3 Å². The van der Waals surface area contributed by atoms with Gasteiger partial charge in [-0.05, 0) is 55.7 Å². The van der Waals surface area contributed by atoms with Gasteiger partial charge in [-0.15, -0.1) is 0 Å². The van der Waals surface area contributed by atoms with Crippen LogP contribution >= 0.6 is 0 Å². The molecule has 9 nitrogen and oxygen atoms in total. The number of nitrogen functional groups attached to an aromatic ring is 1. The molecule has 4 rings (SSSR count). The number of benzene rings is 2. The molecule has 0 aliphatic heterocycles. The van der Waals surface area contributed by atoms with Crippen molar-refractivity contribution in [1.29, 1.82) is 0 Å². The normalized spacial score (nSPS) is 10.8. The minimum Gasteiger partial charge on any atom is -0.488 e. The van der Waals surface area contributed by atoms with Crippen LogP contribution in [0, 0.1) is 13.8 Å². The third-order valence-corrected chi connectivity index (χ3v) is 6.04. The van der Waals surface area contributed by atoms with E-state index < -0.39 is 17.2 Å². The number of carbonyl (C=O) groups is 1. The number of nitrogens with one attached hydrogen (secondary N) is 1. The number of hydrogen-bond acceptors (Lipinski definition) is 6. The van der Waals surface area contributed by atoms with Crippen molar-refractivity contribution in [3.05, 3.63) is 116 Å². The fraction of sp³-hybridized carbons (Fsp3) is 0.214. The number of ether oxygens (including phenoxy) is 1. The van der Waals surface area contributed by atoms with E-state index in [-0.39, 0.29) is 24.6 Å². The van der Waals surface area contributed by atoms with Crippen LogP contribution in [0.25, 0.3) is 0 Å². The smallest absolute Gasteiger partial charge is 0.330 e. The summed E-state index contributed by atoms with van der Waals surface area (Å²) in [6.07, 6.45) is 3.44. The number of aryl methyl sites for hydroxylation is 2. The maximum atomic E-state index is 13.6. The Balaban J connectivity index is 1.66. The lowest BCUT2D eigenvalue weighted by Gasteiger charge is -2.24. The maximum Gasteiger partial charge on any atom is 0.330 e. The second-order valence-corrected chi connectivity index (χ2v) is 8.70. The lowest BCUT2D eigenvalue weighted by molar-refractivity contribution is 0.0987. The van der Waals surface area contributed by atoms with Gasteiger partial charge in [-0.25, -0.2) is 4.79 Å². The Bertz CT molecular complexity index is 1510. The summed E-state index contributed by atoms with van der Waals surface area (Å²) in [7, 11) is 0. The van der Waals surface area contributed by atoms with Gasteiger partial charge in [0.1, 0.15) is 18.2 Å². The minimum absolute atomic E-state index is 0.0600. The molecule has 37 heavy (non-hydrogen) atoms. The van der Waals surface area contributed by atoms with E-state index in [4.69, 9.17) is 10.5 Å². The highest BCUT2D eigenvalue weighted by atomic mass is 16.5. The van der Waals surface area contributed by atoms with Crippen molar-refractivity contribution in [3.63, 3.8) is 0 Å². The number of nitrogens with two attached hydrogens (primary N) is 1. The molecule has 0 aliphatic rings.